The normalized spacial score (nSPS) is 18.0. The highest BCUT2D eigenvalue weighted by molar-refractivity contribution is 7.99. The van der Waals surface area contributed by atoms with Gasteiger partial charge in [-0.1, -0.05) is 25.1 Å². The lowest BCUT2D eigenvalue weighted by atomic mass is 10.0. The van der Waals surface area contributed by atoms with Crippen molar-refractivity contribution in [3.05, 3.63) is 48.0 Å². The van der Waals surface area contributed by atoms with Gasteiger partial charge in [0.1, 0.15) is 6.54 Å². The van der Waals surface area contributed by atoms with Crippen LogP contribution in [0.2, 0.25) is 0 Å². The van der Waals surface area contributed by atoms with E-state index in [1.165, 1.54) is 21.0 Å². The lowest BCUT2D eigenvalue weighted by molar-refractivity contribution is -0.121. The van der Waals surface area contributed by atoms with Gasteiger partial charge in [-0.15, -0.1) is 11.8 Å². The van der Waals surface area contributed by atoms with Crippen molar-refractivity contribution in [2.24, 2.45) is 5.92 Å². The number of rotatable bonds is 5. The Morgan fingerprint density at radius 1 is 1.15 bits per heavy atom. The molecule has 1 saturated heterocycles. The molecule has 0 unspecified atom stereocenters. The molecule has 1 N–H and O–H groups in total. The van der Waals surface area contributed by atoms with Gasteiger partial charge in [0, 0.05) is 35.8 Å². The third kappa shape index (κ3) is 5.26. The van der Waals surface area contributed by atoms with Gasteiger partial charge >= 0.3 is 0 Å². The van der Waals surface area contributed by atoms with E-state index in [9.17, 15) is 18.0 Å². The topological polar surface area (TPSA) is 86.8 Å². The number of aryl methyl sites for hydroxylation is 1. The maximum Gasteiger partial charge on any atom is 0.244 e. The number of hydrogen-bond acceptors (Lipinski definition) is 5. The molecule has 0 bridgehead atoms. The summed E-state index contributed by atoms with van der Waals surface area (Å²) in [5.74, 6) is 0.578. The van der Waals surface area contributed by atoms with Gasteiger partial charge in [0.15, 0.2) is 0 Å². The van der Waals surface area contributed by atoms with Crippen molar-refractivity contribution < 1.29 is 18.0 Å². The summed E-state index contributed by atoms with van der Waals surface area (Å²) in [6.07, 6.45) is 1.95. The second kappa shape index (κ2) is 9.87. The quantitative estimate of drug-likeness (QED) is 0.692. The van der Waals surface area contributed by atoms with Crippen LogP contribution in [-0.4, -0.2) is 49.9 Å². The van der Waals surface area contributed by atoms with Crippen molar-refractivity contribution in [1.29, 1.82) is 0 Å². The minimum absolute atomic E-state index is 0.162. The zero-order valence-corrected chi connectivity index (χ0v) is 20.5. The number of carbonyl (C=O) groups excluding carboxylic acids is 2. The van der Waals surface area contributed by atoms with E-state index in [4.69, 9.17) is 0 Å². The van der Waals surface area contributed by atoms with Crippen molar-refractivity contribution in [2.45, 2.75) is 42.9 Å². The molecule has 0 radical (unpaired) electrons. The molecule has 9 heteroatoms. The molecule has 2 amide bonds. The highest BCUT2D eigenvalue weighted by Crippen LogP contribution is 2.37. The maximum atomic E-state index is 13.3. The molecule has 2 aliphatic heterocycles. The minimum atomic E-state index is -3.67. The first-order valence-electron chi connectivity index (χ1n) is 11.2. The number of carbonyl (C=O) groups is 2. The number of fused-ring (bicyclic) bond motifs is 1. The SMILES string of the molecule is Cc1ccccc1NC(=O)CN1C(=O)CCSc2ccc(S(=O)(=O)N3CCC(C)CC3)cc21. The predicted molar refractivity (Wildman–Crippen MR) is 131 cm³/mol. The van der Waals surface area contributed by atoms with Crippen LogP contribution in [-0.2, 0) is 19.6 Å². The van der Waals surface area contributed by atoms with Gasteiger partial charge in [0.25, 0.3) is 0 Å². The summed E-state index contributed by atoms with van der Waals surface area (Å²) >= 11 is 1.50. The number of sulfonamides is 1. The summed E-state index contributed by atoms with van der Waals surface area (Å²) < 4.78 is 28.1. The molecule has 4 rings (SSSR count). The van der Waals surface area contributed by atoms with E-state index in [1.807, 2.05) is 31.2 Å². The third-order valence-electron chi connectivity index (χ3n) is 6.20. The van der Waals surface area contributed by atoms with Gasteiger partial charge in [0.05, 0.1) is 10.6 Å². The van der Waals surface area contributed by atoms with E-state index in [2.05, 4.69) is 12.2 Å². The van der Waals surface area contributed by atoms with Crippen LogP contribution in [0.25, 0.3) is 0 Å². The Morgan fingerprint density at radius 3 is 2.61 bits per heavy atom. The maximum absolute atomic E-state index is 13.3. The molecule has 0 aliphatic carbocycles. The smallest absolute Gasteiger partial charge is 0.244 e. The molecule has 0 spiro atoms. The van der Waals surface area contributed by atoms with Crippen LogP contribution in [0, 0.1) is 12.8 Å². The van der Waals surface area contributed by atoms with E-state index in [0.717, 1.165) is 23.3 Å². The van der Waals surface area contributed by atoms with Gasteiger partial charge in [-0.2, -0.15) is 4.31 Å². The molecule has 0 saturated carbocycles. The number of benzene rings is 2. The van der Waals surface area contributed by atoms with Crippen LogP contribution in [0.3, 0.4) is 0 Å². The molecule has 33 heavy (non-hydrogen) atoms. The Morgan fingerprint density at radius 2 is 1.88 bits per heavy atom. The van der Waals surface area contributed by atoms with Crippen LogP contribution >= 0.6 is 11.8 Å². The van der Waals surface area contributed by atoms with E-state index in [0.29, 0.717) is 36.1 Å². The lowest BCUT2D eigenvalue weighted by Gasteiger charge is -2.30. The standard InChI is InChI=1S/C24H29N3O4S2/c1-17-9-12-26(13-10-17)33(30,31)19-7-8-22-21(15-19)27(24(29)11-14-32-22)16-23(28)25-20-6-4-3-5-18(20)2/h3-8,15,17H,9-14,16H2,1-2H3,(H,25,28). The van der Waals surface area contributed by atoms with Crippen molar-refractivity contribution >= 4 is 45.0 Å². The summed E-state index contributed by atoms with van der Waals surface area (Å²) in [6.45, 7) is 4.85. The first-order chi connectivity index (χ1) is 15.8. The van der Waals surface area contributed by atoms with Crippen molar-refractivity contribution in [3.63, 3.8) is 0 Å². The monoisotopic (exact) mass is 487 g/mol. The molecule has 2 heterocycles. The van der Waals surface area contributed by atoms with Crippen molar-refractivity contribution in [1.82, 2.24) is 4.31 Å². The molecular formula is C24H29N3O4S2. The second-order valence-corrected chi connectivity index (χ2v) is 11.7. The molecule has 176 valence electrons. The van der Waals surface area contributed by atoms with Crippen LogP contribution in [0.1, 0.15) is 31.7 Å². The molecule has 2 aliphatic rings. The molecule has 2 aromatic rings. The van der Waals surface area contributed by atoms with Crippen LogP contribution in [0.5, 0.6) is 0 Å². The number of piperidine rings is 1. The van der Waals surface area contributed by atoms with E-state index in [1.54, 1.807) is 18.2 Å². The number of thioether (sulfide) groups is 1. The third-order valence-corrected chi connectivity index (χ3v) is 9.16. The van der Waals surface area contributed by atoms with E-state index >= 15 is 0 Å². The second-order valence-electron chi connectivity index (χ2n) is 8.66. The summed E-state index contributed by atoms with van der Waals surface area (Å²) in [5.41, 5.74) is 2.09. The van der Waals surface area contributed by atoms with Gasteiger partial charge < -0.3 is 10.2 Å². The largest absolute Gasteiger partial charge is 0.324 e. The number of amides is 2. The summed E-state index contributed by atoms with van der Waals surface area (Å²) in [6, 6.07) is 12.4. The predicted octanol–water partition coefficient (Wildman–Crippen LogP) is 3.88. The number of hydrogen-bond donors (Lipinski definition) is 1. The van der Waals surface area contributed by atoms with Crippen molar-refractivity contribution in [2.75, 3.05) is 35.6 Å². The Bertz CT molecular complexity index is 1160. The van der Waals surface area contributed by atoms with Crippen molar-refractivity contribution in [3.8, 4) is 0 Å². The van der Waals surface area contributed by atoms with Gasteiger partial charge in [-0.05, 0) is 55.5 Å². The first kappa shape index (κ1) is 23.8. The minimum Gasteiger partial charge on any atom is -0.324 e. The number of para-hydroxylation sites is 1. The Kier molecular flexibility index (Phi) is 7.11. The fourth-order valence-electron chi connectivity index (χ4n) is 4.10. The van der Waals surface area contributed by atoms with Crippen LogP contribution in [0.15, 0.2) is 52.3 Å². The fraction of sp³-hybridized carbons (Fsp3) is 0.417. The summed E-state index contributed by atoms with van der Waals surface area (Å²) in [7, 11) is -3.67. The molecule has 0 aromatic heterocycles. The fourth-order valence-corrected chi connectivity index (χ4v) is 6.57. The average Bonchev–Trinajstić information content (AvgIpc) is 2.94. The van der Waals surface area contributed by atoms with E-state index in [-0.39, 0.29) is 29.7 Å². The van der Waals surface area contributed by atoms with Gasteiger partial charge in [-0.25, -0.2) is 8.42 Å². The van der Waals surface area contributed by atoms with E-state index < -0.39 is 10.0 Å². The molecule has 1 fully saturated rings. The van der Waals surface area contributed by atoms with Crippen LogP contribution in [0.4, 0.5) is 11.4 Å². The zero-order chi connectivity index (χ0) is 23.6. The molecule has 2 aromatic carbocycles. The Labute approximate surface area is 199 Å². The molecule has 0 atom stereocenters. The first-order valence-corrected chi connectivity index (χ1v) is 13.6. The average molecular weight is 488 g/mol. The highest BCUT2D eigenvalue weighted by Gasteiger charge is 2.31. The summed E-state index contributed by atoms with van der Waals surface area (Å²) in [5, 5.41) is 2.86. The highest BCUT2D eigenvalue weighted by atomic mass is 32.2. The van der Waals surface area contributed by atoms with Crippen LogP contribution < -0.4 is 10.2 Å². The number of nitrogens with zero attached hydrogens (tertiary/aromatic N) is 2. The van der Waals surface area contributed by atoms with Gasteiger partial charge in [-0.3, -0.25) is 9.59 Å². The Balaban J connectivity index is 1.61. The Hall–Kier alpha value is -2.36. The molecular weight excluding hydrogens is 458 g/mol. The summed E-state index contributed by atoms with van der Waals surface area (Å²) in [4.78, 5) is 28.1. The number of nitrogens with one attached hydrogen (secondary N) is 1. The molecule has 7 nitrogen and oxygen atoms in total. The number of anilines is 2. The zero-order valence-electron chi connectivity index (χ0n) is 18.9. The lowest BCUT2D eigenvalue weighted by Crippen LogP contribution is -2.39. The van der Waals surface area contributed by atoms with Gasteiger partial charge in [0.2, 0.25) is 21.8 Å².